The molecule has 1 heterocycles. The number of halogens is 2. The number of benzene rings is 4. The lowest BCUT2D eigenvalue weighted by Gasteiger charge is -2.32. The van der Waals surface area contributed by atoms with Gasteiger partial charge in [0.1, 0.15) is 6.04 Å². The van der Waals surface area contributed by atoms with Gasteiger partial charge in [-0.2, -0.15) is 0 Å². The smallest absolute Gasteiger partial charge is 0.258 e. The van der Waals surface area contributed by atoms with Gasteiger partial charge in [0.2, 0.25) is 11.8 Å². The van der Waals surface area contributed by atoms with Gasteiger partial charge in [-0.1, -0.05) is 97.2 Å². The molecule has 0 bridgehead atoms. The highest BCUT2D eigenvalue weighted by Crippen LogP contribution is 2.37. The normalized spacial score (nSPS) is 12.9. The molecule has 1 aliphatic heterocycles. The number of nitrogens with zero attached hydrogens (tertiary/aromatic N) is 2. The molecule has 1 atom stereocenters. The quantitative estimate of drug-likeness (QED) is 0.159. The van der Waals surface area contributed by atoms with Crippen LogP contribution in [0.1, 0.15) is 54.1 Å². The number of carbonyl (C=O) groups is 3. The number of rotatable bonds is 13. The van der Waals surface area contributed by atoms with E-state index in [1.165, 1.54) is 0 Å². The fourth-order valence-electron chi connectivity index (χ4n) is 5.63. The first-order chi connectivity index (χ1) is 20.9. The van der Waals surface area contributed by atoms with E-state index in [4.69, 9.17) is 23.2 Å². The van der Waals surface area contributed by atoms with Crippen molar-refractivity contribution in [1.82, 2.24) is 10.2 Å². The summed E-state index contributed by atoms with van der Waals surface area (Å²) in [6.07, 6.45) is 2.75. The molecule has 0 aliphatic carbocycles. The Balaban J connectivity index is 1.38. The van der Waals surface area contributed by atoms with Crippen molar-refractivity contribution >= 4 is 57.4 Å². The Labute approximate surface area is 262 Å². The third kappa shape index (κ3) is 7.03. The Bertz CT molecular complexity index is 1620. The molecule has 0 radical (unpaired) electrons. The molecular weight excluding hydrogens is 581 g/mol. The van der Waals surface area contributed by atoms with Crippen molar-refractivity contribution in [2.75, 3.05) is 18.0 Å². The zero-order valence-electron chi connectivity index (χ0n) is 24.2. The molecule has 222 valence electrons. The molecule has 1 aliphatic rings. The summed E-state index contributed by atoms with van der Waals surface area (Å²) >= 11 is 12.7. The Hall–Kier alpha value is -3.87. The van der Waals surface area contributed by atoms with E-state index < -0.39 is 6.04 Å². The van der Waals surface area contributed by atoms with Crippen LogP contribution >= 0.6 is 23.2 Å². The minimum absolute atomic E-state index is 0.0543. The van der Waals surface area contributed by atoms with Crippen LogP contribution in [0, 0.1) is 0 Å². The van der Waals surface area contributed by atoms with Gasteiger partial charge in [-0.05, 0) is 53.6 Å². The Morgan fingerprint density at radius 2 is 1.70 bits per heavy atom. The highest BCUT2D eigenvalue weighted by molar-refractivity contribution is 6.35. The zero-order chi connectivity index (χ0) is 30.3. The maximum absolute atomic E-state index is 14.0. The number of hydrogen-bond donors (Lipinski definition) is 1. The Morgan fingerprint density at radius 3 is 2.44 bits per heavy atom. The van der Waals surface area contributed by atoms with E-state index in [1.54, 1.807) is 28.0 Å². The number of unbranched alkanes of at least 4 members (excludes halogenated alkanes) is 1. The van der Waals surface area contributed by atoms with Gasteiger partial charge in [-0.3, -0.25) is 14.4 Å². The summed E-state index contributed by atoms with van der Waals surface area (Å²) in [5.74, 6) is -0.436. The zero-order valence-corrected chi connectivity index (χ0v) is 25.7. The molecule has 8 heteroatoms. The van der Waals surface area contributed by atoms with Crippen LogP contribution in [0.15, 0.2) is 84.9 Å². The van der Waals surface area contributed by atoms with Crippen molar-refractivity contribution in [3.05, 3.63) is 112 Å². The number of amides is 3. The van der Waals surface area contributed by atoms with Crippen LogP contribution in [-0.4, -0.2) is 41.8 Å². The lowest BCUT2D eigenvalue weighted by Crippen LogP contribution is -2.50. The van der Waals surface area contributed by atoms with Crippen molar-refractivity contribution in [3.63, 3.8) is 0 Å². The molecule has 5 rings (SSSR count). The lowest BCUT2D eigenvalue weighted by atomic mass is 10.0. The summed E-state index contributed by atoms with van der Waals surface area (Å²) in [6, 6.07) is 25.8. The number of carbonyl (C=O) groups excluding carboxylic acids is 3. The molecule has 43 heavy (non-hydrogen) atoms. The summed E-state index contributed by atoms with van der Waals surface area (Å²) in [4.78, 5) is 44.3. The average molecular weight is 617 g/mol. The minimum atomic E-state index is -0.745. The topological polar surface area (TPSA) is 69.7 Å². The summed E-state index contributed by atoms with van der Waals surface area (Å²) in [5.41, 5.74) is 3.21. The summed E-state index contributed by atoms with van der Waals surface area (Å²) in [5, 5.41) is 5.94. The van der Waals surface area contributed by atoms with Gasteiger partial charge < -0.3 is 15.1 Å². The maximum Gasteiger partial charge on any atom is 0.258 e. The molecule has 0 saturated heterocycles. The van der Waals surface area contributed by atoms with E-state index in [2.05, 4.69) is 12.2 Å². The third-order valence-electron chi connectivity index (χ3n) is 7.88. The van der Waals surface area contributed by atoms with E-state index in [1.807, 2.05) is 66.7 Å². The molecule has 0 fully saturated rings. The molecule has 6 nitrogen and oxygen atoms in total. The second-order valence-electron chi connectivity index (χ2n) is 10.8. The van der Waals surface area contributed by atoms with Gasteiger partial charge in [0.25, 0.3) is 5.91 Å². The molecule has 4 aromatic carbocycles. The number of nitrogens with one attached hydrogen (secondary N) is 1. The average Bonchev–Trinajstić information content (AvgIpc) is 3.28. The van der Waals surface area contributed by atoms with Crippen molar-refractivity contribution in [3.8, 4) is 0 Å². The van der Waals surface area contributed by atoms with Crippen molar-refractivity contribution in [1.29, 1.82) is 0 Å². The lowest BCUT2D eigenvalue weighted by molar-refractivity contribution is -0.141. The molecule has 4 aromatic rings. The van der Waals surface area contributed by atoms with Gasteiger partial charge in [-0.15, -0.1) is 0 Å². The molecular formula is C35H35Cl2N3O3. The minimum Gasteiger partial charge on any atom is -0.354 e. The molecule has 0 aromatic heterocycles. The van der Waals surface area contributed by atoms with E-state index in [-0.39, 0.29) is 30.7 Å². The number of hydrogen-bond acceptors (Lipinski definition) is 3. The molecule has 3 amide bonds. The standard InChI is InChI=1S/C35H35Cl2N3O3/c1-2-3-19-38-34(42)31(21-24-10-5-4-6-11-24)40(23-26-17-18-27(36)22-29(26)37)32(41)16-9-20-39-30-15-8-13-25-12-7-14-28(33(25)30)35(39)43/h4-8,10-15,17-18,22,31H,2-3,9,16,19-21,23H2,1H3,(H,38,42)/t31-/m1/s1. The van der Waals surface area contributed by atoms with Crippen LogP contribution in [0.5, 0.6) is 0 Å². The van der Waals surface area contributed by atoms with Crippen LogP contribution < -0.4 is 10.2 Å². The molecule has 0 unspecified atom stereocenters. The van der Waals surface area contributed by atoms with Crippen LogP contribution in [0.25, 0.3) is 10.8 Å². The molecule has 1 N–H and O–H groups in total. The van der Waals surface area contributed by atoms with E-state index in [0.717, 1.165) is 34.9 Å². The maximum atomic E-state index is 14.0. The molecule has 0 spiro atoms. The fourth-order valence-corrected chi connectivity index (χ4v) is 6.09. The largest absolute Gasteiger partial charge is 0.354 e. The first-order valence-corrected chi connectivity index (χ1v) is 15.5. The highest BCUT2D eigenvalue weighted by atomic mass is 35.5. The first-order valence-electron chi connectivity index (χ1n) is 14.8. The van der Waals surface area contributed by atoms with Crippen LogP contribution in [-0.2, 0) is 22.6 Å². The summed E-state index contributed by atoms with van der Waals surface area (Å²) in [6.45, 7) is 3.14. The summed E-state index contributed by atoms with van der Waals surface area (Å²) in [7, 11) is 0. The second-order valence-corrected chi connectivity index (χ2v) is 11.7. The van der Waals surface area contributed by atoms with E-state index in [0.29, 0.717) is 47.1 Å². The highest BCUT2D eigenvalue weighted by Gasteiger charge is 2.32. The van der Waals surface area contributed by atoms with Gasteiger partial charge in [-0.25, -0.2) is 0 Å². The Morgan fingerprint density at radius 1 is 0.930 bits per heavy atom. The van der Waals surface area contributed by atoms with Gasteiger partial charge in [0, 0.05) is 53.5 Å². The van der Waals surface area contributed by atoms with Crippen LogP contribution in [0.4, 0.5) is 5.69 Å². The van der Waals surface area contributed by atoms with Crippen LogP contribution in [0.3, 0.4) is 0 Å². The monoisotopic (exact) mass is 615 g/mol. The predicted molar refractivity (Wildman–Crippen MR) is 174 cm³/mol. The first kappa shape index (κ1) is 30.6. The van der Waals surface area contributed by atoms with Crippen LogP contribution in [0.2, 0.25) is 10.0 Å². The second kappa shape index (κ2) is 14.1. The van der Waals surface area contributed by atoms with Gasteiger partial charge >= 0.3 is 0 Å². The van der Waals surface area contributed by atoms with Gasteiger partial charge in [0.15, 0.2) is 0 Å². The predicted octanol–water partition coefficient (Wildman–Crippen LogP) is 7.44. The Kier molecular flexibility index (Phi) is 10.0. The van der Waals surface area contributed by atoms with Gasteiger partial charge in [0.05, 0.1) is 5.69 Å². The van der Waals surface area contributed by atoms with Crippen molar-refractivity contribution < 1.29 is 14.4 Å². The van der Waals surface area contributed by atoms with E-state index in [9.17, 15) is 14.4 Å². The fraction of sp³-hybridized carbons (Fsp3) is 0.286. The molecule has 0 saturated carbocycles. The third-order valence-corrected chi connectivity index (χ3v) is 8.46. The van der Waals surface area contributed by atoms with E-state index >= 15 is 0 Å². The number of anilines is 1. The SMILES string of the molecule is CCCCNC(=O)[C@@H](Cc1ccccc1)N(Cc1ccc(Cl)cc1Cl)C(=O)CCCN1C(=O)c2cccc3cccc1c23. The summed E-state index contributed by atoms with van der Waals surface area (Å²) < 4.78 is 0. The van der Waals surface area contributed by atoms with Crippen molar-refractivity contribution in [2.45, 2.75) is 51.6 Å². The van der Waals surface area contributed by atoms with Crippen molar-refractivity contribution in [2.24, 2.45) is 0 Å².